The van der Waals surface area contributed by atoms with Crippen molar-refractivity contribution in [3.05, 3.63) is 29.8 Å². The minimum absolute atomic E-state index is 0.0104. The zero-order valence-corrected chi connectivity index (χ0v) is 15.6. The van der Waals surface area contributed by atoms with Crippen molar-refractivity contribution in [3.8, 4) is 0 Å². The third-order valence-electron chi connectivity index (χ3n) is 5.25. The van der Waals surface area contributed by atoms with Crippen molar-refractivity contribution in [2.75, 3.05) is 51.3 Å². The van der Waals surface area contributed by atoms with Gasteiger partial charge in [-0.25, -0.2) is 0 Å². The zero-order chi connectivity index (χ0) is 18.4. The maximum atomic E-state index is 12.6. The van der Waals surface area contributed by atoms with Crippen LogP contribution in [0.15, 0.2) is 24.3 Å². The van der Waals surface area contributed by atoms with Gasteiger partial charge in [0.15, 0.2) is 0 Å². The highest BCUT2D eigenvalue weighted by Gasteiger charge is 2.29. The molecule has 3 rings (SSSR count). The van der Waals surface area contributed by atoms with Gasteiger partial charge in [0.05, 0.1) is 19.8 Å². The molecule has 6 heteroatoms. The summed E-state index contributed by atoms with van der Waals surface area (Å²) >= 11 is 0. The van der Waals surface area contributed by atoms with Gasteiger partial charge in [-0.2, -0.15) is 0 Å². The molecule has 0 spiro atoms. The maximum absolute atomic E-state index is 12.6. The number of hydrogen-bond donors (Lipinski definition) is 1. The average Bonchev–Trinajstić information content (AvgIpc) is 2.69. The Morgan fingerprint density at radius 1 is 1.15 bits per heavy atom. The molecular formula is C20H29N3O3. The number of hydrogen-bond acceptors (Lipinski definition) is 4. The molecule has 2 fully saturated rings. The summed E-state index contributed by atoms with van der Waals surface area (Å²) in [7, 11) is 0. The second kappa shape index (κ2) is 9.14. The molecule has 2 aliphatic rings. The SMILES string of the molecule is CCc1cccc(NC(=O)CN2CCC(C(=O)N3CCOCC3)CC2)c1. The van der Waals surface area contributed by atoms with Crippen LogP contribution in [-0.2, 0) is 20.7 Å². The van der Waals surface area contributed by atoms with Crippen LogP contribution in [0.3, 0.4) is 0 Å². The predicted octanol–water partition coefficient (Wildman–Crippen LogP) is 1.76. The Balaban J connectivity index is 1.43. The van der Waals surface area contributed by atoms with Gasteiger partial charge in [-0.15, -0.1) is 0 Å². The lowest BCUT2D eigenvalue weighted by Gasteiger charge is -2.35. The number of anilines is 1. The Morgan fingerprint density at radius 2 is 1.88 bits per heavy atom. The smallest absolute Gasteiger partial charge is 0.238 e. The summed E-state index contributed by atoms with van der Waals surface area (Å²) in [6, 6.07) is 7.97. The average molecular weight is 359 g/mol. The standard InChI is InChI=1S/C20H29N3O3/c1-2-16-4-3-5-18(14-16)21-19(24)15-22-8-6-17(7-9-22)20(25)23-10-12-26-13-11-23/h3-5,14,17H,2,6-13,15H2,1H3,(H,21,24). The van der Waals surface area contributed by atoms with Crippen molar-refractivity contribution in [3.63, 3.8) is 0 Å². The van der Waals surface area contributed by atoms with E-state index in [1.54, 1.807) is 0 Å². The second-order valence-electron chi connectivity index (χ2n) is 7.09. The van der Waals surface area contributed by atoms with Crippen LogP contribution in [0.4, 0.5) is 5.69 Å². The monoisotopic (exact) mass is 359 g/mol. The maximum Gasteiger partial charge on any atom is 0.238 e. The molecule has 0 atom stereocenters. The first-order chi connectivity index (χ1) is 12.7. The summed E-state index contributed by atoms with van der Waals surface area (Å²) < 4.78 is 5.31. The second-order valence-corrected chi connectivity index (χ2v) is 7.09. The quantitative estimate of drug-likeness (QED) is 0.870. The van der Waals surface area contributed by atoms with E-state index in [2.05, 4.69) is 23.2 Å². The Labute approximate surface area is 155 Å². The molecule has 26 heavy (non-hydrogen) atoms. The van der Waals surface area contributed by atoms with Gasteiger partial charge in [0.2, 0.25) is 11.8 Å². The molecule has 1 aromatic carbocycles. The van der Waals surface area contributed by atoms with E-state index in [1.165, 1.54) is 5.56 Å². The molecule has 0 aromatic heterocycles. The van der Waals surface area contributed by atoms with Crippen LogP contribution in [-0.4, -0.2) is 67.6 Å². The van der Waals surface area contributed by atoms with E-state index < -0.39 is 0 Å². The van der Waals surface area contributed by atoms with Crippen LogP contribution in [0.1, 0.15) is 25.3 Å². The number of carbonyl (C=O) groups is 2. The number of carbonyl (C=O) groups excluding carboxylic acids is 2. The summed E-state index contributed by atoms with van der Waals surface area (Å²) in [6.45, 7) is 6.77. The number of benzene rings is 1. The molecular weight excluding hydrogens is 330 g/mol. The van der Waals surface area contributed by atoms with Gasteiger partial charge in [0.25, 0.3) is 0 Å². The number of morpholine rings is 1. The Hall–Kier alpha value is -1.92. The minimum atomic E-state index is 0.0104. The van der Waals surface area contributed by atoms with Gasteiger partial charge in [-0.05, 0) is 50.0 Å². The number of nitrogens with zero attached hydrogens (tertiary/aromatic N) is 2. The zero-order valence-electron chi connectivity index (χ0n) is 15.6. The number of piperidine rings is 1. The van der Waals surface area contributed by atoms with Crippen molar-refractivity contribution in [2.24, 2.45) is 5.92 Å². The van der Waals surface area contributed by atoms with Gasteiger partial charge < -0.3 is 15.0 Å². The van der Waals surface area contributed by atoms with E-state index in [-0.39, 0.29) is 17.7 Å². The molecule has 0 aliphatic carbocycles. The first kappa shape index (κ1) is 18.9. The predicted molar refractivity (Wildman–Crippen MR) is 101 cm³/mol. The van der Waals surface area contributed by atoms with Crippen LogP contribution in [0.2, 0.25) is 0 Å². The van der Waals surface area contributed by atoms with E-state index >= 15 is 0 Å². The van der Waals surface area contributed by atoms with E-state index in [0.717, 1.165) is 38.0 Å². The van der Waals surface area contributed by atoms with Gasteiger partial charge in [0.1, 0.15) is 0 Å². The number of likely N-dealkylation sites (tertiary alicyclic amines) is 1. The first-order valence-electron chi connectivity index (χ1n) is 9.63. The Morgan fingerprint density at radius 3 is 2.58 bits per heavy atom. The fourth-order valence-electron chi connectivity index (χ4n) is 3.65. The molecule has 1 aromatic rings. The lowest BCUT2D eigenvalue weighted by atomic mass is 9.95. The highest BCUT2D eigenvalue weighted by molar-refractivity contribution is 5.92. The van der Waals surface area contributed by atoms with E-state index in [0.29, 0.717) is 32.8 Å². The van der Waals surface area contributed by atoms with E-state index in [4.69, 9.17) is 4.74 Å². The highest BCUT2D eigenvalue weighted by Crippen LogP contribution is 2.20. The molecule has 1 N–H and O–H groups in total. The molecule has 142 valence electrons. The number of nitrogens with one attached hydrogen (secondary N) is 1. The van der Waals surface area contributed by atoms with Crippen molar-refractivity contribution in [2.45, 2.75) is 26.2 Å². The van der Waals surface area contributed by atoms with Gasteiger partial charge in [-0.3, -0.25) is 14.5 Å². The normalized spacial score (nSPS) is 19.3. The number of amides is 2. The highest BCUT2D eigenvalue weighted by atomic mass is 16.5. The molecule has 2 amide bonds. The van der Waals surface area contributed by atoms with Crippen LogP contribution < -0.4 is 5.32 Å². The number of ether oxygens (including phenoxy) is 1. The summed E-state index contributed by atoms with van der Waals surface area (Å²) in [5.41, 5.74) is 2.07. The molecule has 0 radical (unpaired) electrons. The fourth-order valence-corrected chi connectivity index (χ4v) is 3.65. The molecule has 2 aliphatic heterocycles. The molecule has 0 unspecified atom stereocenters. The van der Waals surface area contributed by atoms with Gasteiger partial charge in [0, 0.05) is 24.7 Å². The van der Waals surface area contributed by atoms with Crippen molar-refractivity contribution >= 4 is 17.5 Å². The molecule has 2 saturated heterocycles. The first-order valence-corrected chi connectivity index (χ1v) is 9.63. The fraction of sp³-hybridized carbons (Fsp3) is 0.600. The summed E-state index contributed by atoms with van der Waals surface area (Å²) in [5, 5.41) is 2.98. The molecule has 0 saturated carbocycles. The Bertz CT molecular complexity index is 620. The van der Waals surface area contributed by atoms with Gasteiger partial charge >= 0.3 is 0 Å². The van der Waals surface area contributed by atoms with Crippen LogP contribution in [0, 0.1) is 5.92 Å². The van der Waals surface area contributed by atoms with Crippen LogP contribution >= 0.6 is 0 Å². The molecule has 6 nitrogen and oxygen atoms in total. The van der Waals surface area contributed by atoms with E-state index in [1.807, 2.05) is 23.1 Å². The molecule has 2 heterocycles. The van der Waals surface area contributed by atoms with Crippen molar-refractivity contribution < 1.29 is 14.3 Å². The Kier molecular flexibility index (Phi) is 6.63. The van der Waals surface area contributed by atoms with Crippen LogP contribution in [0.25, 0.3) is 0 Å². The van der Waals surface area contributed by atoms with Crippen LogP contribution in [0.5, 0.6) is 0 Å². The minimum Gasteiger partial charge on any atom is -0.378 e. The summed E-state index contributed by atoms with van der Waals surface area (Å²) in [4.78, 5) is 28.9. The van der Waals surface area contributed by atoms with E-state index in [9.17, 15) is 9.59 Å². The largest absolute Gasteiger partial charge is 0.378 e. The lowest BCUT2D eigenvalue weighted by molar-refractivity contribution is -0.141. The van der Waals surface area contributed by atoms with Crippen molar-refractivity contribution in [1.82, 2.24) is 9.80 Å². The molecule has 0 bridgehead atoms. The van der Waals surface area contributed by atoms with Gasteiger partial charge in [-0.1, -0.05) is 19.1 Å². The summed E-state index contributed by atoms with van der Waals surface area (Å²) in [6.07, 6.45) is 2.61. The lowest BCUT2D eigenvalue weighted by Crippen LogP contribution is -2.47. The topological polar surface area (TPSA) is 61.9 Å². The number of aryl methyl sites for hydroxylation is 1. The summed E-state index contributed by atoms with van der Waals surface area (Å²) in [5.74, 6) is 0.360. The third kappa shape index (κ3) is 5.05. The van der Waals surface area contributed by atoms with Crippen molar-refractivity contribution in [1.29, 1.82) is 0 Å². The number of rotatable bonds is 5. The third-order valence-corrected chi connectivity index (χ3v) is 5.25.